The van der Waals surface area contributed by atoms with Crippen molar-refractivity contribution in [3.05, 3.63) is 75.9 Å². The fraction of sp³-hybridized carbons (Fsp3) is 0.174. The lowest BCUT2D eigenvalue weighted by Gasteiger charge is -2.19. The number of benzene rings is 2. The van der Waals surface area contributed by atoms with E-state index in [-0.39, 0.29) is 12.1 Å². The lowest BCUT2D eigenvalue weighted by atomic mass is 10.0. The number of carbonyl (C=O) groups excluding carboxylic acids is 1. The first kappa shape index (κ1) is 23.4. The zero-order chi connectivity index (χ0) is 23.3. The molecule has 32 heavy (non-hydrogen) atoms. The standard InChI is InChI=1S/C23H20Cl2N2O5/c1-31-19-10-9-17(26-22(19)13-7-8-16(25)20(11-13)32-2)23(30)27-18(12-21(28)29)14-5-3-4-6-15(14)24/h3-11,18H,12H2,1-2H3,(H,27,30)(H,28,29)/t18-/m0/s1. The minimum atomic E-state index is -1.08. The van der Waals surface area contributed by atoms with Crippen LogP contribution < -0.4 is 14.8 Å². The van der Waals surface area contributed by atoms with Gasteiger partial charge in [0.2, 0.25) is 0 Å². The molecular weight excluding hydrogens is 455 g/mol. The topological polar surface area (TPSA) is 97.8 Å². The molecule has 0 aliphatic rings. The van der Waals surface area contributed by atoms with Crippen LogP contribution in [-0.2, 0) is 4.79 Å². The monoisotopic (exact) mass is 474 g/mol. The number of aromatic nitrogens is 1. The predicted octanol–water partition coefficient (Wildman–Crippen LogP) is 5.02. The van der Waals surface area contributed by atoms with Gasteiger partial charge in [0.15, 0.2) is 0 Å². The Labute approximate surface area is 194 Å². The van der Waals surface area contributed by atoms with Crippen molar-refractivity contribution in [1.29, 1.82) is 0 Å². The maximum absolute atomic E-state index is 13.0. The number of nitrogens with one attached hydrogen (secondary N) is 1. The Morgan fingerprint density at radius 1 is 1.00 bits per heavy atom. The zero-order valence-corrected chi connectivity index (χ0v) is 18.8. The third kappa shape index (κ3) is 5.30. The molecule has 1 aromatic heterocycles. The van der Waals surface area contributed by atoms with E-state index in [1.54, 1.807) is 48.5 Å². The van der Waals surface area contributed by atoms with Crippen LogP contribution in [-0.4, -0.2) is 36.2 Å². The van der Waals surface area contributed by atoms with Gasteiger partial charge in [0.05, 0.1) is 31.7 Å². The van der Waals surface area contributed by atoms with Gasteiger partial charge < -0.3 is 19.9 Å². The molecular formula is C23H20Cl2N2O5. The zero-order valence-electron chi connectivity index (χ0n) is 17.3. The summed E-state index contributed by atoms with van der Waals surface area (Å²) >= 11 is 12.3. The molecule has 0 unspecified atom stereocenters. The van der Waals surface area contributed by atoms with Crippen LogP contribution in [0.5, 0.6) is 11.5 Å². The highest BCUT2D eigenvalue weighted by Gasteiger charge is 2.22. The highest BCUT2D eigenvalue weighted by molar-refractivity contribution is 6.32. The molecule has 0 bridgehead atoms. The molecule has 0 aliphatic heterocycles. The molecule has 9 heteroatoms. The van der Waals surface area contributed by atoms with E-state index in [4.69, 9.17) is 32.7 Å². The summed E-state index contributed by atoms with van der Waals surface area (Å²) in [5.74, 6) is -0.741. The van der Waals surface area contributed by atoms with Crippen LogP contribution in [0.25, 0.3) is 11.3 Å². The third-order valence-electron chi connectivity index (χ3n) is 4.70. The number of pyridine rings is 1. The minimum Gasteiger partial charge on any atom is -0.495 e. The summed E-state index contributed by atoms with van der Waals surface area (Å²) < 4.78 is 10.7. The fourth-order valence-electron chi connectivity index (χ4n) is 3.15. The molecule has 0 saturated heterocycles. The molecule has 3 aromatic rings. The number of hydrogen-bond acceptors (Lipinski definition) is 5. The maximum atomic E-state index is 13.0. The molecule has 0 spiro atoms. The normalized spacial score (nSPS) is 11.5. The molecule has 0 radical (unpaired) electrons. The first-order chi connectivity index (χ1) is 15.3. The minimum absolute atomic E-state index is 0.0807. The summed E-state index contributed by atoms with van der Waals surface area (Å²) in [7, 11) is 2.99. The highest BCUT2D eigenvalue weighted by atomic mass is 35.5. The van der Waals surface area contributed by atoms with Crippen LogP contribution >= 0.6 is 23.2 Å². The number of hydrogen-bond donors (Lipinski definition) is 2. The van der Waals surface area contributed by atoms with Gasteiger partial charge in [-0.3, -0.25) is 9.59 Å². The molecule has 2 N–H and O–H groups in total. The molecule has 166 valence electrons. The molecule has 1 heterocycles. The van der Waals surface area contributed by atoms with Crippen molar-refractivity contribution in [3.8, 4) is 22.8 Å². The number of rotatable bonds is 8. The van der Waals surface area contributed by atoms with Crippen molar-refractivity contribution in [3.63, 3.8) is 0 Å². The van der Waals surface area contributed by atoms with Crippen molar-refractivity contribution >= 4 is 35.1 Å². The van der Waals surface area contributed by atoms with Gasteiger partial charge in [0.1, 0.15) is 22.9 Å². The second-order valence-electron chi connectivity index (χ2n) is 6.74. The maximum Gasteiger partial charge on any atom is 0.305 e. The van der Waals surface area contributed by atoms with Gasteiger partial charge in [-0.2, -0.15) is 0 Å². The van der Waals surface area contributed by atoms with Gasteiger partial charge in [0.25, 0.3) is 5.91 Å². The van der Waals surface area contributed by atoms with Crippen LogP contribution in [0.2, 0.25) is 10.0 Å². The van der Waals surface area contributed by atoms with Gasteiger partial charge in [-0.05, 0) is 35.9 Å². The molecule has 3 rings (SSSR count). The number of carboxylic acid groups (broad SMARTS) is 1. The number of nitrogens with zero attached hydrogens (tertiary/aromatic N) is 1. The summed E-state index contributed by atoms with van der Waals surface area (Å²) in [5, 5.41) is 12.8. The van der Waals surface area contributed by atoms with Crippen molar-refractivity contribution < 1.29 is 24.2 Å². The second-order valence-corrected chi connectivity index (χ2v) is 7.56. The first-order valence-corrected chi connectivity index (χ1v) is 10.3. The van der Waals surface area contributed by atoms with Crippen molar-refractivity contribution in [2.45, 2.75) is 12.5 Å². The summed E-state index contributed by atoms with van der Waals surface area (Å²) in [4.78, 5) is 28.8. The fourth-order valence-corrected chi connectivity index (χ4v) is 3.62. The van der Waals surface area contributed by atoms with Crippen LogP contribution in [0.15, 0.2) is 54.6 Å². The van der Waals surface area contributed by atoms with Crippen LogP contribution in [0.1, 0.15) is 28.5 Å². The summed E-state index contributed by atoms with van der Waals surface area (Å²) in [6.07, 6.45) is -0.340. The molecule has 1 atom stereocenters. The third-order valence-corrected chi connectivity index (χ3v) is 5.36. The molecule has 1 amide bonds. The van der Waals surface area contributed by atoms with E-state index < -0.39 is 17.9 Å². The van der Waals surface area contributed by atoms with E-state index in [0.29, 0.717) is 38.4 Å². The average Bonchev–Trinajstić information content (AvgIpc) is 2.78. The average molecular weight is 475 g/mol. The highest BCUT2D eigenvalue weighted by Crippen LogP contribution is 2.34. The van der Waals surface area contributed by atoms with E-state index in [1.807, 2.05) is 0 Å². The second kappa shape index (κ2) is 10.3. The number of methoxy groups -OCH3 is 2. The number of aliphatic carboxylic acids is 1. The molecule has 2 aromatic carbocycles. The number of halogens is 2. The molecule has 7 nitrogen and oxygen atoms in total. The molecule has 0 aliphatic carbocycles. The molecule has 0 fully saturated rings. The smallest absolute Gasteiger partial charge is 0.305 e. The van der Waals surface area contributed by atoms with Gasteiger partial charge in [-0.25, -0.2) is 4.98 Å². The van der Waals surface area contributed by atoms with Crippen LogP contribution in [0.3, 0.4) is 0 Å². The van der Waals surface area contributed by atoms with Crippen molar-refractivity contribution in [1.82, 2.24) is 10.3 Å². The Morgan fingerprint density at radius 3 is 2.38 bits per heavy atom. The summed E-state index contributed by atoms with van der Waals surface area (Å²) in [5.41, 5.74) is 1.62. The number of amides is 1. The van der Waals surface area contributed by atoms with Crippen LogP contribution in [0.4, 0.5) is 0 Å². The lowest BCUT2D eigenvalue weighted by molar-refractivity contribution is -0.137. The van der Waals surface area contributed by atoms with Crippen molar-refractivity contribution in [2.75, 3.05) is 14.2 Å². The Hall–Kier alpha value is -3.29. The van der Waals surface area contributed by atoms with Gasteiger partial charge in [-0.15, -0.1) is 0 Å². The first-order valence-electron chi connectivity index (χ1n) is 9.50. The van der Waals surface area contributed by atoms with E-state index >= 15 is 0 Å². The van der Waals surface area contributed by atoms with Crippen LogP contribution in [0, 0.1) is 0 Å². The van der Waals surface area contributed by atoms with Gasteiger partial charge in [0, 0.05) is 10.6 Å². The van der Waals surface area contributed by atoms with E-state index in [0.717, 1.165) is 0 Å². The van der Waals surface area contributed by atoms with E-state index in [9.17, 15) is 14.7 Å². The Bertz CT molecular complexity index is 1150. The quantitative estimate of drug-likeness (QED) is 0.475. The van der Waals surface area contributed by atoms with Gasteiger partial charge in [-0.1, -0.05) is 47.5 Å². The molecule has 0 saturated carbocycles. The largest absolute Gasteiger partial charge is 0.495 e. The number of carboxylic acids is 1. The Kier molecular flexibility index (Phi) is 7.56. The van der Waals surface area contributed by atoms with E-state index in [2.05, 4.69) is 10.3 Å². The number of ether oxygens (including phenoxy) is 2. The van der Waals surface area contributed by atoms with E-state index in [1.165, 1.54) is 20.3 Å². The Balaban J connectivity index is 1.96. The predicted molar refractivity (Wildman–Crippen MR) is 122 cm³/mol. The number of carbonyl (C=O) groups is 2. The SMILES string of the molecule is COc1cc(-c2nc(C(=O)N[C@@H](CC(=O)O)c3ccccc3Cl)ccc2OC)ccc1Cl. The summed E-state index contributed by atoms with van der Waals surface area (Å²) in [6.45, 7) is 0. The van der Waals surface area contributed by atoms with Gasteiger partial charge >= 0.3 is 5.97 Å². The lowest BCUT2D eigenvalue weighted by Crippen LogP contribution is -2.31. The van der Waals surface area contributed by atoms with Crippen molar-refractivity contribution in [2.24, 2.45) is 0 Å². The Morgan fingerprint density at radius 2 is 1.72 bits per heavy atom. The summed E-state index contributed by atoms with van der Waals surface area (Å²) in [6, 6.07) is 14.1.